The van der Waals surface area contributed by atoms with Gasteiger partial charge in [0.05, 0.1) is 17.7 Å². The minimum absolute atomic E-state index is 0.226. The number of carbonyl (C=O) groups excluding carboxylic acids is 2. The standard InChI is InChI=1S/C15H18Cl2N2O3/c1-8(18-9(2)20)15(21)19-12-4-3-7-22-14-10(12)5-6-11(16)13(14)17/h5-6,8,12H,3-4,7H2,1-2H3,(H,18,20)(H,19,21). The molecule has 1 aliphatic rings. The fraction of sp³-hybridized carbons (Fsp3) is 0.467. The van der Waals surface area contributed by atoms with E-state index < -0.39 is 6.04 Å². The number of nitrogens with one attached hydrogen (secondary N) is 2. The summed E-state index contributed by atoms with van der Waals surface area (Å²) in [6.07, 6.45) is 1.51. The van der Waals surface area contributed by atoms with E-state index in [2.05, 4.69) is 10.6 Å². The van der Waals surface area contributed by atoms with Gasteiger partial charge in [0.2, 0.25) is 11.8 Å². The molecule has 1 aliphatic heterocycles. The van der Waals surface area contributed by atoms with Gasteiger partial charge in [-0.3, -0.25) is 9.59 Å². The van der Waals surface area contributed by atoms with E-state index in [1.54, 1.807) is 13.0 Å². The molecular formula is C15H18Cl2N2O3. The zero-order valence-corrected chi connectivity index (χ0v) is 13.9. The Morgan fingerprint density at radius 1 is 1.36 bits per heavy atom. The van der Waals surface area contributed by atoms with Crippen molar-refractivity contribution in [1.82, 2.24) is 10.6 Å². The molecule has 2 N–H and O–H groups in total. The van der Waals surface area contributed by atoms with Crippen molar-refractivity contribution in [2.24, 2.45) is 0 Å². The van der Waals surface area contributed by atoms with Crippen LogP contribution < -0.4 is 15.4 Å². The third-order valence-corrected chi connectivity index (χ3v) is 4.26. The van der Waals surface area contributed by atoms with Gasteiger partial charge < -0.3 is 15.4 Å². The van der Waals surface area contributed by atoms with Crippen LogP contribution in [0.4, 0.5) is 0 Å². The van der Waals surface area contributed by atoms with Gasteiger partial charge in [0.15, 0.2) is 0 Å². The molecule has 1 heterocycles. The van der Waals surface area contributed by atoms with Crippen LogP contribution in [0.2, 0.25) is 10.0 Å². The van der Waals surface area contributed by atoms with Crippen molar-refractivity contribution in [3.05, 3.63) is 27.7 Å². The fourth-order valence-corrected chi connectivity index (χ4v) is 2.78. The van der Waals surface area contributed by atoms with Crippen molar-refractivity contribution in [1.29, 1.82) is 0 Å². The number of hydrogen-bond donors (Lipinski definition) is 2. The van der Waals surface area contributed by atoms with E-state index in [0.717, 1.165) is 18.4 Å². The minimum Gasteiger partial charge on any atom is -0.492 e. The number of carbonyl (C=O) groups is 2. The van der Waals surface area contributed by atoms with Gasteiger partial charge in [-0.15, -0.1) is 0 Å². The molecule has 0 saturated heterocycles. The van der Waals surface area contributed by atoms with Crippen molar-refractivity contribution < 1.29 is 14.3 Å². The molecule has 0 radical (unpaired) electrons. The van der Waals surface area contributed by atoms with Gasteiger partial charge >= 0.3 is 0 Å². The smallest absolute Gasteiger partial charge is 0.242 e. The summed E-state index contributed by atoms with van der Waals surface area (Å²) in [4.78, 5) is 23.2. The number of amides is 2. The van der Waals surface area contributed by atoms with E-state index in [-0.39, 0.29) is 17.9 Å². The molecule has 0 spiro atoms. The third kappa shape index (κ3) is 3.84. The SMILES string of the molecule is CC(=O)NC(C)C(=O)NC1CCCOc2c1ccc(Cl)c2Cl. The molecule has 22 heavy (non-hydrogen) atoms. The molecule has 2 atom stereocenters. The zero-order valence-electron chi connectivity index (χ0n) is 12.4. The molecule has 0 saturated carbocycles. The highest BCUT2D eigenvalue weighted by Gasteiger charge is 2.26. The quantitative estimate of drug-likeness (QED) is 0.885. The van der Waals surface area contributed by atoms with Gasteiger partial charge in [-0.2, -0.15) is 0 Å². The van der Waals surface area contributed by atoms with Crippen LogP contribution in [0.5, 0.6) is 5.75 Å². The molecule has 0 fully saturated rings. The maximum atomic E-state index is 12.2. The number of halogens is 2. The summed E-state index contributed by atoms with van der Waals surface area (Å²) in [6.45, 7) is 3.53. The molecule has 0 aliphatic carbocycles. The largest absolute Gasteiger partial charge is 0.492 e. The lowest BCUT2D eigenvalue weighted by atomic mass is 10.0. The molecule has 7 heteroatoms. The number of benzene rings is 1. The van der Waals surface area contributed by atoms with E-state index in [9.17, 15) is 9.59 Å². The van der Waals surface area contributed by atoms with E-state index in [0.29, 0.717) is 22.4 Å². The van der Waals surface area contributed by atoms with E-state index >= 15 is 0 Å². The van der Waals surface area contributed by atoms with E-state index in [4.69, 9.17) is 27.9 Å². The van der Waals surface area contributed by atoms with E-state index in [1.165, 1.54) is 6.92 Å². The van der Waals surface area contributed by atoms with Crippen LogP contribution >= 0.6 is 23.2 Å². The molecule has 2 unspecified atom stereocenters. The minimum atomic E-state index is -0.604. The summed E-state index contributed by atoms with van der Waals surface area (Å²) >= 11 is 12.2. The first-order valence-electron chi connectivity index (χ1n) is 7.08. The summed E-state index contributed by atoms with van der Waals surface area (Å²) in [5, 5.41) is 6.27. The van der Waals surface area contributed by atoms with Gasteiger partial charge in [0, 0.05) is 12.5 Å². The summed E-state index contributed by atoms with van der Waals surface area (Å²) < 4.78 is 5.66. The molecule has 120 valence electrons. The Kier molecular flexibility index (Phi) is 5.53. The van der Waals surface area contributed by atoms with Crippen LogP contribution in [0.25, 0.3) is 0 Å². The second-order valence-electron chi connectivity index (χ2n) is 5.25. The average Bonchev–Trinajstić information content (AvgIpc) is 2.65. The Hall–Kier alpha value is -1.46. The number of rotatable bonds is 3. The Morgan fingerprint density at radius 3 is 2.77 bits per heavy atom. The first kappa shape index (κ1) is 16.9. The Morgan fingerprint density at radius 2 is 2.09 bits per heavy atom. The predicted octanol–water partition coefficient (Wildman–Crippen LogP) is 2.85. The van der Waals surface area contributed by atoms with E-state index in [1.807, 2.05) is 6.07 Å². The van der Waals surface area contributed by atoms with Crippen molar-refractivity contribution in [3.8, 4) is 5.75 Å². The van der Waals surface area contributed by atoms with Crippen LogP contribution in [0.15, 0.2) is 12.1 Å². The summed E-state index contributed by atoms with van der Waals surface area (Å²) in [5.41, 5.74) is 0.801. The third-order valence-electron chi connectivity index (χ3n) is 3.47. The van der Waals surface area contributed by atoms with Gasteiger partial charge in [-0.25, -0.2) is 0 Å². The summed E-state index contributed by atoms with van der Waals surface area (Å²) in [5.74, 6) is 0.0188. The molecule has 2 rings (SSSR count). The Labute approximate surface area is 139 Å². The second-order valence-corrected chi connectivity index (χ2v) is 6.04. The lowest BCUT2D eigenvalue weighted by Gasteiger charge is -2.21. The van der Waals surface area contributed by atoms with Crippen LogP contribution in [0, 0.1) is 0 Å². The number of ether oxygens (including phenoxy) is 1. The monoisotopic (exact) mass is 344 g/mol. The Balaban J connectivity index is 2.21. The number of fused-ring (bicyclic) bond motifs is 1. The fourth-order valence-electron chi connectivity index (χ4n) is 2.40. The number of hydrogen-bond acceptors (Lipinski definition) is 3. The van der Waals surface area contributed by atoms with Gasteiger partial charge in [-0.05, 0) is 25.8 Å². The summed E-state index contributed by atoms with van der Waals surface area (Å²) in [7, 11) is 0. The molecule has 5 nitrogen and oxygen atoms in total. The van der Waals surface area contributed by atoms with Crippen molar-refractivity contribution >= 4 is 35.0 Å². The molecule has 0 aromatic heterocycles. The Bertz CT molecular complexity index is 592. The van der Waals surface area contributed by atoms with Crippen LogP contribution in [-0.4, -0.2) is 24.5 Å². The van der Waals surface area contributed by atoms with Crippen molar-refractivity contribution in [2.45, 2.75) is 38.8 Å². The topological polar surface area (TPSA) is 67.4 Å². The molecule has 1 aromatic rings. The normalized spacial score (nSPS) is 18.5. The van der Waals surface area contributed by atoms with Crippen molar-refractivity contribution in [3.63, 3.8) is 0 Å². The summed E-state index contributed by atoms with van der Waals surface area (Å²) in [6, 6.07) is 2.67. The molecule has 2 amide bonds. The second kappa shape index (κ2) is 7.20. The highest BCUT2D eigenvalue weighted by molar-refractivity contribution is 6.43. The molecule has 0 bridgehead atoms. The molecular weight excluding hydrogens is 327 g/mol. The maximum Gasteiger partial charge on any atom is 0.242 e. The van der Waals surface area contributed by atoms with Crippen LogP contribution in [0.1, 0.15) is 38.3 Å². The van der Waals surface area contributed by atoms with Crippen molar-refractivity contribution in [2.75, 3.05) is 6.61 Å². The first-order chi connectivity index (χ1) is 10.4. The highest BCUT2D eigenvalue weighted by Crippen LogP contribution is 2.40. The lowest BCUT2D eigenvalue weighted by Crippen LogP contribution is -2.45. The zero-order chi connectivity index (χ0) is 16.3. The maximum absolute atomic E-state index is 12.2. The van der Waals surface area contributed by atoms with Gasteiger partial charge in [-0.1, -0.05) is 29.3 Å². The first-order valence-corrected chi connectivity index (χ1v) is 7.84. The van der Waals surface area contributed by atoms with Gasteiger partial charge in [0.25, 0.3) is 0 Å². The lowest BCUT2D eigenvalue weighted by molar-refractivity contribution is -0.128. The predicted molar refractivity (Wildman–Crippen MR) is 85.4 cm³/mol. The van der Waals surface area contributed by atoms with Crippen LogP contribution in [-0.2, 0) is 9.59 Å². The van der Waals surface area contributed by atoms with Gasteiger partial charge in [0.1, 0.15) is 16.8 Å². The average molecular weight is 345 g/mol. The highest BCUT2D eigenvalue weighted by atomic mass is 35.5. The van der Waals surface area contributed by atoms with Crippen LogP contribution in [0.3, 0.4) is 0 Å². The molecule has 1 aromatic carbocycles.